The first-order valence-corrected chi connectivity index (χ1v) is 11.2. The number of hydrogen-bond acceptors (Lipinski definition) is 6. The molecule has 9 heteroatoms. The lowest BCUT2D eigenvalue weighted by Gasteiger charge is -2.30. The SMILES string of the molecule is COc1ccc(C#N)cc1NC(=O)C1CCN(S(=O)(=O)c2cccc(C(C)=O)c2)CC1. The highest BCUT2D eigenvalue weighted by Crippen LogP contribution is 2.29. The average Bonchev–Trinajstić information content (AvgIpc) is 2.79. The van der Waals surface area contributed by atoms with Crippen LogP contribution in [-0.2, 0) is 14.8 Å². The number of sulfonamides is 1. The third-order valence-corrected chi connectivity index (χ3v) is 7.18. The van der Waals surface area contributed by atoms with Gasteiger partial charge in [-0.15, -0.1) is 0 Å². The number of ketones is 1. The van der Waals surface area contributed by atoms with Crippen molar-refractivity contribution in [2.75, 3.05) is 25.5 Å². The predicted molar refractivity (Wildman–Crippen MR) is 114 cm³/mol. The van der Waals surface area contributed by atoms with Gasteiger partial charge in [-0.25, -0.2) is 8.42 Å². The highest BCUT2D eigenvalue weighted by molar-refractivity contribution is 7.89. The highest BCUT2D eigenvalue weighted by Gasteiger charge is 2.32. The van der Waals surface area contributed by atoms with Gasteiger partial charge < -0.3 is 10.1 Å². The van der Waals surface area contributed by atoms with E-state index in [0.29, 0.717) is 35.4 Å². The van der Waals surface area contributed by atoms with E-state index in [9.17, 15) is 18.0 Å². The standard InChI is InChI=1S/C22H23N3O5S/c1-15(26)18-4-3-5-19(13-18)31(28,29)25-10-8-17(9-11-25)22(27)24-20-12-16(14-23)6-7-21(20)30-2/h3-7,12-13,17H,8-11H2,1-2H3,(H,24,27). The molecule has 0 unspecified atom stereocenters. The number of nitriles is 1. The summed E-state index contributed by atoms with van der Waals surface area (Å²) in [5, 5.41) is 11.9. The van der Waals surface area contributed by atoms with Crippen LogP contribution in [0.3, 0.4) is 0 Å². The Labute approximate surface area is 181 Å². The fourth-order valence-corrected chi connectivity index (χ4v) is 5.01. The van der Waals surface area contributed by atoms with Gasteiger partial charge in [0.25, 0.3) is 0 Å². The number of piperidine rings is 1. The number of benzene rings is 2. The maximum absolute atomic E-state index is 13.0. The van der Waals surface area contributed by atoms with Gasteiger partial charge in [0.1, 0.15) is 5.75 Å². The van der Waals surface area contributed by atoms with Gasteiger partial charge in [0.05, 0.1) is 29.3 Å². The van der Waals surface area contributed by atoms with E-state index in [0.717, 1.165) is 0 Å². The normalized spacial score (nSPS) is 15.1. The van der Waals surface area contributed by atoms with Gasteiger partial charge in [-0.1, -0.05) is 12.1 Å². The van der Waals surface area contributed by atoms with Gasteiger partial charge in [-0.2, -0.15) is 9.57 Å². The molecule has 0 radical (unpaired) electrons. The molecule has 1 amide bonds. The minimum Gasteiger partial charge on any atom is -0.495 e. The number of rotatable bonds is 6. The third-order valence-electron chi connectivity index (χ3n) is 5.29. The molecule has 2 aromatic carbocycles. The molecule has 0 spiro atoms. The molecule has 0 bridgehead atoms. The number of carbonyl (C=O) groups excluding carboxylic acids is 2. The Kier molecular flexibility index (Phi) is 6.73. The molecule has 0 saturated carbocycles. The number of nitrogens with zero attached hydrogens (tertiary/aromatic N) is 2. The third kappa shape index (κ3) is 4.93. The molecule has 1 aliphatic rings. The van der Waals surface area contributed by atoms with Gasteiger partial charge in [-0.3, -0.25) is 9.59 Å². The molecule has 31 heavy (non-hydrogen) atoms. The first-order chi connectivity index (χ1) is 14.8. The van der Waals surface area contributed by atoms with E-state index >= 15 is 0 Å². The second-order valence-corrected chi connectivity index (χ2v) is 9.22. The van der Waals surface area contributed by atoms with Crippen LogP contribution >= 0.6 is 0 Å². The topological polar surface area (TPSA) is 117 Å². The van der Waals surface area contributed by atoms with Crippen LogP contribution in [0.1, 0.15) is 35.7 Å². The Morgan fingerprint density at radius 2 is 1.87 bits per heavy atom. The second-order valence-electron chi connectivity index (χ2n) is 7.28. The summed E-state index contributed by atoms with van der Waals surface area (Å²) in [4.78, 5) is 24.4. The number of amides is 1. The molecule has 1 N–H and O–H groups in total. The molecule has 8 nitrogen and oxygen atoms in total. The number of carbonyl (C=O) groups is 2. The zero-order chi connectivity index (χ0) is 22.6. The summed E-state index contributed by atoms with van der Waals surface area (Å²) in [7, 11) is -2.28. The van der Waals surface area contributed by atoms with Crippen molar-refractivity contribution in [3.8, 4) is 11.8 Å². The Morgan fingerprint density at radius 3 is 2.48 bits per heavy atom. The molecular formula is C22H23N3O5S. The van der Waals surface area contributed by atoms with Gasteiger partial charge >= 0.3 is 0 Å². The van der Waals surface area contributed by atoms with Crippen molar-refractivity contribution in [1.29, 1.82) is 5.26 Å². The monoisotopic (exact) mass is 441 g/mol. The summed E-state index contributed by atoms with van der Waals surface area (Å²) in [5.41, 5.74) is 1.14. The first kappa shape index (κ1) is 22.5. The second kappa shape index (κ2) is 9.29. The average molecular weight is 442 g/mol. The van der Waals surface area contributed by atoms with E-state index < -0.39 is 10.0 Å². The van der Waals surface area contributed by atoms with Crippen LogP contribution in [0, 0.1) is 17.2 Å². The Bertz CT molecular complexity index is 1150. The summed E-state index contributed by atoms with van der Waals surface area (Å²) in [6, 6.07) is 12.7. The van der Waals surface area contributed by atoms with Crippen molar-refractivity contribution in [1.82, 2.24) is 4.31 Å². The molecule has 3 rings (SSSR count). The Morgan fingerprint density at radius 1 is 1.16 bits per heavy atom. The Hall–Kier alpha value is -3.22. The fourth-order valence-electron chi connectivity index (χ4n) is 3.49. The molecule has 1 saturated heterocycles. The number of methoxy groups -OCH3 is 1. The van der Waals surface area contributed by atoms with Crippen LogP contribution in [0.4, 0.5) is 5.69 Å². The van der Waals surface area contributed by atoms with Crippen LogP contribution < -0.4 is 10.1 Å². The highest BCUT2D eigenvalue weighted by atomic mass is 32.2. The lowest BCUT2D eigenvalue weighted by Crippen LogP contribution is -2.41. The van der Waals surface area contributed by atoms with Crippen molar-refractivity contribution in [2.24, 2.45) is 5.92 Å². The van der Waals surface area contributed by atoms with Gasteiger partial charge in [0.2, 0.25) is 15.9 Å². The van der Waals surface area contributed by atoms with E-state index in [1.54, 1.807) is 30.3 Å². The van der Waals surface area contributed by atoms with E-state index in [1.165, 1.54) is 30.5 Å². The number of ether oxygens (including phenoxy) is 1. The summed E-state index contributed by atoms with van der Waals surface area (Å²) >= 11 is 0. The molecule has 2 aromatic rings. The Balaban J connectivity index is 1.68. The van der Waals surface area contributed by atoms with Crippen molar-refractivity contribution < 1.29 is 22.7 Å². The number of hydrogen-bond donors (Lipinski definition) is 1. The molecule has 1 heterocycles. The number of nitrogens with one attached hydrogen (secondary N) is 1. The van der Waals surface area contributed by atoms with E-state index in [2.05, 4.69) is 5.32 Å². The summed E-state index contributed by atoms with van der Waals surface area (Å²) in [5.74, 6) is -0.379. The smallest absolute Gasteiger partial charge is 0.243 e. The fraction of sp³-hybridized carbons (Fsp3) is 0.318. The molecular weight excluding hydrogens is 418 g/mol. The summed E-state index contributed by atoms with van der Waals surface area (Å²) in [6.07, 6.45) is 0.718. The van der Waals surface area contributed by atoms with Crippen molar-refractivity contribution in [3.05, 3.63) is 53.6 Å². The first-order valence-electron chi connectivity index (χ1n) is 9.76. The van der Waals surface area contributed by atoms with Crippen molar-refractivity contribution >= 4 is 27.4 Å². The van der Waals surface area contributed by atoms with Gasteiger partial charge in [0, 0.05) is 24.6 Å². The van der Waals surface area contributed by atoms with Crippen LogP contribution in [0.5, 0.6) is 5.75 Å². The van der Waals surface area contributed by atoms with Crippen LogP contribution in [0.15, 0.2) is 47.4 Å². The quantitative estimate of drug-likeness (QED) is 0.689. The lowest BCUT2D eigenvalue weighted by molar-refractivity contribution is -0.120. The molecule has 0 atom stereocenters. The zero-order valence-corrected chi connectivity index (χ0v) is 18.1. The predicted octanol–water partition coefficient (Wildman–Crippen LogP) is 2.81. The van der Waals surface area contributed by atoms with Gasteiger partial charge in [-0.05, 0) is 50.1 Å². The number of Topliss-reactive ketones (excluding diaryl/α,β-unsaturated/α-hetero) is 1. The van der Waals surface area contributed by atoms with Crippen LogP contribution in [-0.4, -0.2) is 44.6 Å². The summed E-state index contributed by atoms with van der Waals surface area (Å²) < 4.78 is 32.5. The van der Waals surface area contributed by atoms with Crippen molar-refractivity contribution in [2.45, 2.75) is 24.7 Å². The van der Waals surface area contributed by atoms with Crippen molar-refractivity contribution in [3.63, 3.8) is 0 Å². The lowest BCUT2D eigenvalue weighted by atomic mass is 9.97. The molecule has 1 aliphatic heterocycles. The minimum atomic E-state index is -3.75. The zero-order valence-electron chi connectivity index (χ0n) is 17.3. The van der Waals surface area contributed by atoms with Crippen LogP contribution in [0.25, 0.3) is 0 Å². The molecule has 0 aliphatic carbocycles. The largest absolute Gasteiger partial charge is 0.495 e. The molecule has 1 fully saturated rings. The summed E-state index contributed by atoms with van der Waals surface area (Å²) in [6.45, 7) is 1.78. The van der Waals surface area contributed by atoms with Gasteiger partial charge in [0.15, 0.2) is 5.78 Å². The molecule has 162 valence electrons. The minimum absolute atomic E-state index is 0.0705. The number of anilines is 1. The van der Waals surface area contributed by atoms with E-state index in [1.807, 2.05) is 6.07 Å². The van der Waals surface area contributed by atoms with E-state index in [-0.39, 0.29) is 35.6 Å². The van der Waals surface area contributed by atoms with E-state index in [4.69, 9.17) is 10.00 Å². The molecule has 0 aromatic heterocycles. The maximum Gasteiger partial charge on any atom is 0.243 e. The van der Waals surface area contributed by atoms with Crippen LogP contribution in [0.2, 0.25) is 0 Å². The maximum atomic E-state index is 13.0.